The van der Waals surface area contributed by atoms with Gasteiger partial charge in [-0.1, -0.05) is 54.1 Å². The van der Waals surface area contributed by atoms with Gasteiger partial charge in [-0.3, -0.25) is 4.79 Å². The number of hydrogen-bond donors (Lipinski definition) is 0. The summed E-state index contributed by atoms with van der Waals surface area (Å²) in [5.41, 5.74) is 2.47. The summed E-state index contributed by atoms with van der Waals surface area (Å²) in [4.78, 5) is 12.0. The molecule has 0 saturated heterocycles. The van der Waals surface area contributed by atoms with Crippen LogP contribution in [0.15, 0.2) is 48.5 Å². The van der Waals surface area contributed by atoms with Gasteiger partial charge < -0.3 is 4.74 Å². The molecule has 0 aromatic heterocycles. The second kappa shape index (κ2) is 6.50. The maximum atomic E-state index is 12.0. The van der Waals surface area contributed by atoms with Crippen LogP contribution < -0.4 is 0 Å². The van der Waals surface area contributed by atoms with Crippen LogP contribution in [0.4, 0.5) is 0 Å². The van der Waals surface area contributed by atoms with Gasteiger partial charge in [0.15, 0.2) is 5.78 Å². The van der Waals surface area contributed by atoms with Gasteiger partial charge in [-0.2, -0.15) is 0 Å². The monoisotopic (exact) mass is 274 g/mol. The van der Waals surface area contributed by atoms with Crippen molar-refractivity contribution in [2.75, 3.05) is 6.61 Å². The molecule has 98 valence electrons. The molecule has 0 aliphatic heterocycles. The highest BCUT2D eigenvalue weighted by molar-refractivity contribution is 6.34. The lowest BCUT2D eigenvalue weighted by molar-refractivity contribution is 0.0726. The molecule has 0 spiro atoms. The molecule has 0 radical (unpaired) electrons. The van der Waals surface area contributed by atoms with Crippen LogP contribution in [-0.4, -0.2) is 12.4 Å². The van der Waals surface area contributed by atoms with Crippen molar-refractivity contribution < 1.29 is 9.53 Å². The zero-order valence-corrected chi connectivity index (χ0v) is 11.5. The van der Waals surface area contributed by atoms with Crippen molar-refractivity contribution in [3.63, 3.8) is 0 Å². The quantitative estimate of drug-likeness (QED) is 0.769. The summed E-state index contributed by atoms with van der Waals surface area (Å²) in [7, 11) is 0. The number of ketones is 1. The van der Waals surface area contributed by atoms with E-state index in [1.54, 1.807) is 6.07 Å². The Morgan fingerprint density at radius 3 is 2.58 bits per heavy atom. The molecule has 0 heterocycles. The van der Waals surface area contributed by atoms with Gasteiger partial charge in [-0.25, -0.2) is 0 Å². The molecule has 0 bridgehead atoms. The van der Waals surface area contributed by atoms with E-state index < -0.39 is 0 Å². The van der Waals surface area contributed by atoms with Crippen molar-refractivity contribution in [1.29, 1.82) is 0 Å². The molecular formula is C16H15ClO2. The summed E-state index contributed by atoms with van der Waals surface area (Å²) in [6.45, 7) is 2.35. The van der Waals surface area contributed by atoms with E-state index in [9.17, 15) is 4.79 Å². The summed E-state index contributed by atoms with van der Waals surface area (Å²) in [5, 5.41) is 0.510. The Balaban J connectivity index is 1.93. The molecule has 0 unspecified atom stereocenters. The number of Topliss-reactive ketones (excluding diaryl/α,β-unsaturated/α-hetero) is 1. The fourth-order valence-electron chi connectivity index (χ4n) is 1.78. The zero-order chi connectivity index (χ0) is 13.7. The first-order valence-electron chi connectivity index (χ1n) is 6.08. The summed E-state index contributed by atoms with van der Waals surface area (Å²) >= 11 is 6.11. The molecule has 0 atom stereocenters. The topological polar surface area (TPSA) is 26.3 Å². The van der Waals surface area contributed by atoms with Crippen molar-refractivity contribution in [2.24, 2.45) is 0 Å². The number of aryl methyl sites for hydroxylation is 1. The maximum Gasteiger partial charge on any atom is 0.189 e. The molecule has 0 fully saturated rings. The molecule has 2 aromatic rings. The Morgan fingerprint density at radius 1 is 1.11 bits per heavy atom. The van der Waals surface area contributed by atoms with Crippen LogP contribution in [-0.2, 0) is 11.3 Å². The number of ether oxygens (including phenoxy) is 1. The molecule has 2 nitrogen and oxygen atoms in total. The first-order chi connectivity index (χ1) is 9.18. The number of carbonyl (C=O) groups is 1. The standard InChI is InChI=1S/C16H15ClO2/c1-12-6-5-9-14(16(12)17)15(18)11-19-10-13-7-3-2-4-8-13/h2-9H,10-11H2,1H3. The van der Waals surface area contributed by atoms with E-state index in [0.29, 0.717) is 17.2 Å². The third-order valence-electron chi connectivity index (χ3n) is 2.84. The summed E-state index contributed by atoms with van der Waals surface area (Å²) in [6, 6.07) is 15.2. The molecule has 0 N–H and O–H groups in total. The van der Waals surface area contributed by atoms with Gasteiger partial charge >= 0.3 is 0 Å². The van der Waals surface area contributed by atoms with Gasteiger partial charge in [-0.15, -0.1) is 0 Å². The van der Waals surface area contributed by atoms with Crippen molar-refractivity contribution in [3.8, 4) is 0 Å². The zero-order valence-electron chi connectivity index (χ0n) is 10.7. The van der Waals surface area contributed by atoms with Crippen molar-refractivity contribution in [2.45, 2.75) is 13.5 Å². The maximum absolute atomic E-state index is 12.0. The Labute approximate surface area is 118 Å². The lowest BCUT2D eigenvalue weighted by atomic mass is 10.1. The van der Waals surface area contributed by atoms with Crippen LogP contribution in [0.3, 0.4) is 0 Å². The van der Waals surface area contributed by atoms with Gasteiger partial charge in [0.1, 0.15) is 6.61 Å². The van der Waals surface area contributed by atoms with Crippen LogP contribution in [0.2, 0.25) is 5.02 Å². The van der Waals surface area contributed by atoms with Crippen LogP contribution >= 0.6 is 11.6 Å². The molecule has 0 aliphatic rings. The number of carbonyl (C=O) groups excluding carboxylic acids is 1. The van der Waals surface area contributed by atoms with Crippen molar-refractivity contribution >= 4 is 17.4 Å². The Bertz CT molecular complexity index is 564. The highest BCUT2D eigenvalue weighted by Crippen LogP contribution is 2.20. The van der Waals surface area contributed by atoms with Crippen molar-refractivity contribution in [3.05, 3.63) is 70.2 Å². The average molecular weight is 275 g/mol. The molecule has 19 heavy (non-hydrogen) atoms. The van der Waals surface area contributed by atoms with E-state index in [1.165, 1.54) is 0 Å². The van der Waals surface area contributed by atoms with E-state index in [2.05, 4.69) is 0 Å². The highest BCUT2D eigenvalue weighted by atomic mass is 35.5. The fraction of sp³-hybridized carbons (Fsp3) is 0.188. The molecule has 3 heteroatoms. The molecule has 0 aliphatic carbocycles. The van der Waals surface area contributed by atoms with E-state index in [-0.39, 0.29) is 12.4 Å². The minimum atomic E-state index is -0.0929. The second-order valence-corrected chi connectivity index (χ2v) is 4.72. The minimum absolute atomic E-state index is 0.0397. The van der Waals surface area contributed by atoms with E-state index in [0.717, 1.165) is 11.1 Å². The lowest BCUT2D eigenvalue weighted by Gasteiger charge is -2.07. The van der Waals surface area contributed by atoms with Crippen LogP contribution in [0.25, 0.3) is 0 Å². The first-order valence-corrected chi connectivity index (χ1v) is 6.46. The van der Waals surface area contributed by atoms with Gasteiger partial charge in [0.2, 0.25) is 0 Å². The van der Waals surface area contributed by atoms with Gasteiger partial charge in [0.05, 0.1) is 11.6 Å². The third-order valence-corrected chi connectivity index (χ3v) is 3.34. The van der Waals surface area contributed by atoms with Gasteiger partial charge in [0.25, 0.3) is 0 Å². The SMILES string of the molecule is Cc1cccc(C(=O)COCc2ccccc2)c1Cl. The number of rotatable bonds is 5. The smallest absolute Gasteiger partial charge is 0.189 e. The molecular weight excluding hydrogens is 260 g/mol. The number of benzene rings is 2. The number of halogens is 1. The first kappa shape index (κ1) is 13.8. The lowest BCUT2D eigenvalue weighted by Crippen LogP contribution is -2.10. The average Bonchev–Trinajstić information content (AvgIpc) is 2.43. The van der Waals surface area contributed by atoms with E-state index in [4.69, 9.17) is 16.3 Å². The Hall–Kier alpha value is -1.64. The minimum Gasteiger partial charge on any atom is -0.369 e. The Kier molecular flexibility index (Phi) is 4.72. The highest BCUT2D eigenvalue weighted by Gasteiger charge is 2.11. The second-order valence-electron chi connectivity index (χ2n) is 4.34. The predicted molar refractivity (Wildman–Crippen MR) is 76.6 cm³/mol. The number of hydrogen-bond acceptors (Lipinski definition) is 2. The Morgan fingerprint density at radius 2 is 1.84 bits per heavy atom. The molecule has 2 rings (SSSR count). The summed E-state index contributed by atoms with van der Waals surface area (Å²) < 4.78 is 5.42. The van der Waals surface area contributed by atoms with Crippen molar-refractivity contribution in [1.82, 2.24) is 0 Å². The fourth-order valence-corrected chi connectivity index (χ4v) is 2.01. The van der Waals surface area contributed by atoms with Gasteiger partial charge in [0, 0.05) is 5.56 Å². The van der Waals surface area contributed by atoms with Crippen LogP contribution in [0.1, 0.15) is 21.5 Å². The van der Waals surface area contributed by atoms with E-state index in [1.807, 2.05) is 49.4 Å². The van der Waals surface area contributed by atoms with Crippen LogP contribution in [0, 0.1) is 6.92 Å². The largest absolute Gasteiger partial charge is 0.369 e. The third kappa shape index (κ3) is 3.66. The van der Waals surface area contributed by atoms with E-state index >= 15 is 0 Å². The van der Waals surface area contributed by atoms with Gasteiger partial charge in [-0.05, 0) is 24.1 Å². The predicted octanol–water partition coefficient (Wildman–Crippen LogP) is 4.05. The van der Waals surface area contributed by atoms with Crippen LogP contribution in [0.5, 0.6) is 0 Å². The summed E-state index contributed by atoms with van der Waals surface area (Å²) in [6.07, 6.45) is 0. The molecule has 2 aromatic carbocycles. The summed E-state index contributed by atoms with van der Waals surface area (Å²) in [5.74, 6) is -0.0929. The molecule has 0 saturated carbocycles. The molecule has 0 amide bonds. The normalized spacial score (nSPS) is 10.4.